The number of hydrogen-bond donors (Lipinski definition) is 12. The second-order valence-corrected chi connectivity index (χ2v) is 28.1. The Morgan fingerprint density at radius 3 is 1.10 bits per heavy atom. The maximum absolute atomic E-state index is 13.5. The smallest absolute Gasteiger partial charge is 0.220 e. The van der Waals surface area contributed by atoms with E-state index in [0.29, 0.717) is 12.8 Å². The largest absolute Gasteiger partial charge is 0.394 e. The molecule has 0 saturated carbocycles. The minimum Gasteiger partial charge on any atom is -0.394 e. The Hall–Kier alpha value is -3.55. The number of aliphatic hydroxyl groups excluding tert-OH is 11. The van der Waals surface area contributed by atoms with E-state index in [1.165, 1.54) is 148 Å². The lowest BCUT2D eigenvalue weighted by Gasteiger charge is -2.48. The number of allylic oxidation sites excluding steroid dienone is 17. The van der Waals surface area contributed by atoms with E-state index in [2.05, 4.69) is 116 Å². The Morgan fingerprint density at radius 2 is 0.686 bits per heavy atom. The molecule has 0 aromatic carbocycles. The molecule has 3 saturated heterocycles. The fourth-order valence-corrected chi connectivity index (χ4v) is 12.9. The topological polar surface area (TPSA) is 307 Å². The number of carbonyl (C=O) groups is 1. The van der Waals surface area contributed by atoms with Gasteiger partial charge in [-0.05, 0) is 89.9 Å². The Morgan fingerprint density at radius 1 is 0.363 bits per heavy atom. The van der Waals surface area contributed by atoms with Gasteiger partial charge in [-0.3, -0.25) is 4.79 Å². The van der Waals surface area contributed by atoms with Gasteiger partial charge in [0.25, 0.3) is 0 Å². The third kappa shape index (κ3) is 42.1. The van der Waals surface area contributed by atoms with Gasteiger partial charge < -0.3 is 89.9 Å². The summed E-state index contributed by atoms with van der Waals surface area (Å²) in [5, 5.41) is 121. The second kappa shape index (κ2) is 62.5. The summed E-state index contributed by atoms with van der Waals surface area (Å²) in [6.45, 7) is 1.60. The van der Waals surface area contributed by atoms with Crippen molar-refractivity contribution in [2.75, 3.05) is 26.4 Å². The summed E-state index contributed by atoms with van der Waals surface area (Å²) in [6, 6.07) is -1.01. The highest BCUT2D eigenvalue weighted by atomic mass is 16.8. The summed E-state index contributed by atoms with van der Waals surface area (Å²) >= 11 is 0. The number of aliphatic hydroxyl groups is 11. The van der Waals surface area contributed by atoms with Gasteiger partial charge in [0, 0.05) is 6.42 Å². The summed E-state index contributed by atoms with van der Waals surface area (Å²) in [5.41, 5.74) is 0. The molecule has 102 heavy (non-hydrogen) atoms. The van der Waals surface area contributed by atoms with E-state index in [-0.39, 0.29) is 18.9 Å². The summed E-state index contributed by atoms with van der Waals surface area (Å²) in [4.78, 5) is 13.5. The van der Waals surface area contributed by atoms with Gasteiger partial charge in [-0.1, -0.05) is 290 Å². The van der Waals surface area contributed by atoms with Crippen molar-refractivity contribution < 1.29 is 89.4 Å². The van der Waals surface area contributed by atoms with E-state index in [9.17, 15) is 61.0 Å². The molecule has 0 spiro atoms. The van der Waals surface area contributed by atoms with Crippen LogP contribution in [0.15, 0.2) is 109 Å². The molecular formula is C83H143NO18. The van der Waals surface area contributed by atoms with Gasteiger partial charge in [0.15, 0.2) is 18.9 Å². The third-order valence-electron chi connectivity index (χ3n) is 19.3. The zero-order valence-electron chi connectivity index (χ0n) is 62.8. The number of hydrogen-bond acceptors (Lipinski definition) is 18. The molecule has 0 bridgehead atoms. The van der Waals surface area contributed by atoms with Crippen molar-refractivity contribution in [1.82, 2.24) is 5.32 Å². The van der Waals surface area contributed by atoms with Crippen molar-refractivity contribution in [2.45, 2.75) is 381 Å². The van der Waals surface area contributed by atoms with Crippen molar-refractivity contribution in [3.63, 3.8) is 0 Å². The minimum atomic E-state index is -1.99. The van der Waals surface area contributed by atoms with Crippen molar-refractivity contribution in [1.29, 1.82) is 0 Å². The van der Waals surface area contributed by atoms with Crippen LogP contribution in [-0.4, -0.2) is 193 Å². The predicted octanol–water partition coefficient (Wildman–Crippen LogP) is 13.3. The molecule has 588 valence electrons. The van der Waals surface area contributed by atoms with Crippen LogP contribution in [0.1, 0.15) is 277 Å². The molecule has 19 heteroatoms. The van der Waals surface area contributed by atoms with Crippen LogP contribution in [0.2, 0.25) is 0 Å². The molecule has 17 atom stereocenters. The maximum atomic E-state index is 13.5. The molecule has 3 fully saturated rings. The molecule has 3 rings (SSSR count). The summed E-state index contributed by atoms with van der Waals surface area (Å²) < 4.78 is 34.4. The first kappa shape index (κ1) is 92.7. The molecule has 0 aliphatic carbocycles. The summed E-state index contributed by atoms with van der Waals surface area (Å²) in [6.07, 6.45) is 59.3. The van der Waals surface area contributed by atoms with Crippen LogP contribution in [0, 0.1) is 0 Å². The lowest BCUT2D eigenvalue weighted by atomic mass is 9.96. The molecule has 19 nitrogen and oxygen atoms in total. The molecule has 3 aliphatic rings. The lowest BCUT2D eigenvalue weighted by molar-refractivity contribution is -0.379. The highest BCUT2D eigenvalue weighted by molar-refractivity contribution is 5.76. The van der Waals surface area contributed by atoms with Crippen molar-refractivity contribution >= 4 is 5.91 Å². The molecule has 1 amide bonds. The fraction of sp³-hybridized carbons (Fsp3) is 0.771. The molecule has 3 aliphatic heterocycles. The van der Waals surface area contributed by atoms with Crippen LogP contribution in [-0.2, 0) is 33.2 Å². The Kier molecular flexibility index (Phi) is 56.8. The maximum Gasteiger partial charge on any atom is 0.220 e. The zero-order chi connectivity index (χ0) is 73.9. The standard InChI is InChI=1S/C83H143NO18/c1-3-5-7-9-11-13-15-17-19-21-23-25-27-29-31-32-33-35-36-38-40-42-44-46-48-50-52-54-56-58-60-67(88)66(84-71(89)61-59-57-55-53-51-49-47-45-43-41-39-37-34-30-28-26-24-22-20-18-16-14-12-10-8-6-4-2)65-97-81-77(95)74(92)79(69(63-86)99-81)102-83-78(96)75(93)80(70(64-87)100-83)101-82-76(94)73(91)72(90)68(62-85)98-82/h6,8,12,14,18,20,24,26,30,34,39,41,45,47,50,52,58,60,66-70,72-83,85-88,90-96H,3-5,7,9-11,13,15-17,19,21-23,25,27-29,31-33,35-38,40,42-44,46,48-49,51,53-57,59,61-65H2,1-2H3,(H,84,89)/b8-6-,14-12-,20-18-,26-24-,34-30-,41-39-,47-45-,52-50+,60-58+. The first-order valence-corrected chi connectivity index (χ1v) is 40.1. The SMILES string of the molecule is CC/C=C\C/C=C\C/C=C\C/C=C\C/C=C\C/C=C\C/C=C\CCCCCCCC(=O)NC(COC1OC(CO)C(OC2OC(CO)C(OC3OC(CO)C(O)C(O)C3O)C(O)C2O)C(O)C1O)C(O)/C=C/CC/C=C/CCCCCCCCCCCCCCCCCCCCCCCCCC. The molecular weight excluding hydrogens is 1300 g/mol. The minimum absolute atomic E-state index is 0.206. The van der Waals surface area contributed by atoms with Gasteiger partial charge >= 0.3 is 0 Å². The number of unbranched alkanes of at least 4 members (excludes halogenated alkanes) is 30. The summed E-state index contributed by atoms with van der Waals surface area (Å²) in [5.74, 6) is -0.306. The van der Waals surface area contributed by atoms with Gasteiger partial charge in [0.2, 0.25) is 5.91 Å². The first-order valence-electron chi connectivity index (χ1n) is 40.1. The average molecular weight is 1440 g/mol. The Balaban J connectivity index is 1.41. The molecule has 17 unspecified atom stereocenters. The van der Waals surface area contributed by atoms with Gasteiger partial charge in [-0.2, -0.15) is 0 Å². The summed E-state index contributed by atoms with van der Waals surface area (Å²) in [7, 11) is 0. The molecule has 12 N–H and O–H groups in total. The lowest BCUT2D eigenvalue weighted by Crippen LogP contribution is -2.66. The molecule has 0 aromatic rings. The molecule has 0 radical (unpaired) electrons. The van der Waals surface area contributed by atoms with E-state index < -0.39 is 124 Å². The number of rotatable bonds is 62. The van der Waals surface area contributed by atoms with Crippen LogP contribution in [0.3, 0.4) is 0 Å². The Bertz CT molecular complexity index is 2270. The number of ether oxygens (including phenoxy) is 6. The van der Waals surface area contributed by atoms with Crippen LogP contribution in [0.25, 0.3) is 0 Å². The highest BCUT2D eigenvalue weighted by Crippen LogP contribution is 2.33. The van der Waals surface area contributed by atoms with E-state index in [1.807, 2.05) is 6.08 Å². The van der Waals surface area contributed by atoms with Crippen molar-refractivity contribution in [3.8, 4) is 0 Å². The molecule has 3 heterocycles. The van der Waals surface area contributed by atoms with Crippen molar-refractivity contribution in [3.05, 3.63) is 109 Å². The van der Waals surface area contributed by atoms with Gasteiger partial charge in [-0.25, -0.2) is 0 Å². The van der Waals surface area contributed by atoms with Crippen LogP contribution in [0.4, 0.5) is 0 Å². The highest BCUT2D eigenvalue weighted by Gasteiger charge is 2.54. The zero-order valence-corrected chi connectivity index (χ0v) is 62.8. The van der Waals surface area contributed by atoms with Crippen LogP contribution in [0.5, 0.6) is 0 Å². The quantitative estimate of drug-likeness (QED) is 0.0199. The van der Waals surface area contributed by atoms with Crippen LogP contribution >= 0.6 is 0 Å². The monoisotopic (exact) mass is 1440 g/mol. The average Bonchev–Trinajstić information content (AvgIpc) is 0.782. The third-order valence-corrected chi connectivity index (χ3v) is 19.3. The first-order chi connectivity index (χ1) is 49.8. The predicted molar refractivity (Wildman–Crippen MR) is 406 cm³/mol. The van der Waals surface area contributed by atoms with E-state index in [0.717, 1.165) is 96.3 Å². The second-order valence-electron chi connectivity index (χ2n) is 28.1. The van der Waals surface area contributed by atoms with Gasteiger partial charge in [0.05, 0.1) is 38.6 Å². The van der Waals surface area contributed by atoms with E-state index in [4.69, 9.17) is 28.4 Å². The normalized spacial score (nSPS) is 26.8. The fourth-order valence-electron chi connectivity index (χ4n) is 12.9. The number of nitrogens with one attached hydrogen (secondary N) is 1. The number of amides is 1. The Labute approximate surface area is 615 Å². The van der Waals surface area contributed by atoms with Crippen molar-refractivity contribution in [2.24, 2.45) is 0 Å². The number of carbonyl (C=O) groups excluding carboxylic acids is 1. The van der Waals surface area contributed by atoms with E-state index >= 15 is 0 Å². The van der Waals surface area contributed by atoms with E-state index in [1.54, 1.807) is 6.08 Å². The van der Waals surface area contributed by atoms with Gasteiger partial charge in [0.1, 0.15) is 73.2 Å². The van der Waals surface area contributed by atoms with Gasteiger partial charge in [-0.15, -0.1) is 0 Å². The molecule has 0 aromatic heterocycles. The van der Waals surface area contributed by atoms with Crippen LogP contribution < -0.4 is 5.32 Å².